The van der Waals surface area contributed by atoms with Gasteiger partial charge in [0, 0.05) is 13.5 Å². The van der Waals surface area contributed by atoms with E-state index in [0.29, 0.717) is 6.42 Å². The van der Waals surface area contributed by atoms with Crippen LogP contribution < -0.4 is 0 Å². The van der Waals surface area contributed by atoms with Gasteiger partial charge in [0.05, 0.1) is 21.8 Å². The fraction of sp³-hybridized carbons (Fsp3) is 0.667. The molecule has 1 aromatic heterocycles. The summed E-state index contributed by atoms with van der Waals surface area (Å²) in [6.07, 6.45) is 1.35. The van der Waals surface area contributed by atoms with E-state index in [-0.39, 0.29) is 11.8 Å². The Morgan fingerprint density at radius 2 is 2.12 bits per heavy atom. The number of carboxylic acid groups (broad SMARTS) is 1. The van der Waals surface area contributed by atoms with E-state index in [1.165, 1.54) is 0 Å². The van der Waals surface area contributed by atoms with Crippen molar-refractivity contribution in [2.75, 3.05) is 0 Å². The molecule has 0 aliphatic carbocycles. The molecule has 1 aromatic rings. The number of hydrogen-bond donors (Lipinski definition) is 1. The summed E-state index contributed by atoms with van der Waals surface area (Å²) in [6.45, 7) is 5.90. The smallest absolute Gasteiger partial charge is 0.307 e. The molecule has 1 rings (SSSR count). The molecular weight excluding hydrogens is 284 g/mol. The third-order valence-corrected chi connectivity index (χ3v) is 3.95. The molecule has 0 bridgehead atoms. The summed E-state index contributed by atoms with van der Waals surface area (Å²) in [5, 5.41) is 13.6. The van der Waals surface area contributed by atoms with Gasteiger partial charge in [-0.2, -0.15) is 5.10 Å². The fourth-order valence-electron chi connectivity index (χ4n) is 1.86. The minimum atomic E-state index is -0.744. The van der Waals surface area contributed by atoms with Gasteiger partial charge in [-0.1, -0.05) is 20.8 Å². The predicted octanol–water partition coefficient (Wildman–Crippen LogP) is 2.64. The molecule has 0 saturated heterocycles. The van der Waals surface area contributed by atoms with Crippen LogP contribution in [0.15, 0.2) is 4.47 Å². The molecule has 0 fully saturated rings. The molecule has 0 amide bonds. The third kappa shape index (κ3) is 3.09. The van der Waals surface area contributed by atoms with E-state index in [1.54, 1.807) is 4.68 Å². The minimum absolute atomic E-state index is 0.111. The normalized spacial score (nSPS) is 13.1. The highest BCUT2D eigenvalue weighted by atomic mass is 79.9. The van der Waals surface area contributed by atoms with Gasteiger partial charge >= 0.3 is 5.97 Å². The molecule has 1 heterocycles. The highest BCUT2D eigenvalue weighted by Gasteiger charge is 2.25. The fourth-order valence-corrected chi connectivity index (χ4v) is 2.64. The average molecular weight is 303 g/mol. The van der Waals surface area contributed by atoms with Crippen LogP contribution in [0.3, 0.4) is 0 Å². The summed E-state index contributed by atoms with van der Waals surface area (Å²) in [4.78, 5) is 11.2. The number of aromatic nitrogens is 2. The summed E-state index contributed by atoms with van der Waals surface area (Å²) < 4.78 is 2.73. The van der Waals surface area contributed by atoms with E-state index in [2.05, 4.69) is 21.0 Å². The maximum atomic E-state index is 11.2. The second kappa shape index (κ2) is 5.67. The Labute approximate surface area is 110 Å². The number of carbonyl (C=O) groups is 1. The summed E-state index contributed by atoms with van der Waals surface area (Å²) in [7, 11) is 1.86. The van der Waals surface area contributed by atoms with Crippen LogP contribution in [0, 0.1) is 11.8 Å². The molecule has 0 spiro atoms. The molecule has 1 N–H and O–H groups in total. The molecule has 4 nitrogen and oxygen atoms in total. The van der Waals surface area contributed by atoms with Crippen molar-refractivity contribution >= 4 is 21.9 Å². The van der Waals surface area contributed by atoms with Crippen LogP contribution in [0.2, 0.25) is 0 Å². The molecule has 0 aliphatic heterocycles. The van der Waals surface area contributed by atoms with Gasteiger partial charge in [-0.3, -0.25) is 9.48 Å². The first-order valence-corrected chi connectivity index (χ1v) is 6.60. The van der Waals surface area contributed by atoms with Crippen LogP contribution in [0.5, 0.6) is 0 Å². The van der Waals surface area contributed by atoms with Gasteiger partial charge in [-0.25, -0.2) is 0 Å². The van der Waals surface area contributed by atoms with Gasteiger partial charge in [0.1, 0.15) is 0 Å². The quantitative estimate of drug-likeness (QED) is 0.910. The Morgan fingerprint density at radius 3 is 2.47 bits per heavy atom. The number of aliphatic carboxylic acids is 1. The van der Waals surface area contributed by atoms with E-state index in [4.69, 9.17) is 0 Å². The zero-order valence-corrected chi connectivity index (χ0v) is 12.3. The molecule has 0 radical (unpaired) electrons. The Bertz CT molecular complexity index is 413. The number of nitrogens with zero attached hydrogens (tertiary/aromatic N) is 2. The van der Waals surface area contributed by atoms with Crippen molar-refractivity contribution in [3.05, 3.63) is 15.9 Å². The van der Waals surface area contributed by atoms with E-state index in [0.717, 1.165) is 22.3 Å². The number of halogens is 1. The Kier molecular flexibility index (Phi) is 4.74. The van der Waals surface area contributed by atoms with Crippen molar-refractivity contribution < 1.29 is 9.90 Å². The SMILES string of the molecule is CCc1nn(C)c(CC(C(=O)O)C(C)C)c1Br. The van der Waals surface area contributed by atoms with Crippen molar-refractivity contribution in [3.8, 4) is 0 Å². The van der Waals surface area contributed by atoms with Crippen LogP contribution in [-0.4, -0.2) is 20.9 Å². The Balaban J connectivity index is 3.01. The summed E-state index contributed by atoms with van der Waals surface area (Å²) >= 11 is 3.51. The summed E-state index contributed by atoms with van der Waals surface area (Å²) in [5.41, 5.74) is 1.94. The first-order valence-electron chi connectivity index (χ1n) is 5.81. The molecule has 17 heavy (non-hydrogen) atoms. The Morgan fingerprint density at radius 1 is 1.53 bits per heavy atom. The van der Waals surface area contributed by atoms with Crippen molar-refractivity contribution in [2.45, 2.75) is 33.6 Å². The van der Waals surface area contributed by atoms with Crippen LogP contribution >= 0.6 is 15.9 Å². The Hall–Kier alpha value is -0.840. The number of hydrogen-bond acceptors (Lipinski definition) is 2. The highest BCUT2D eigenvalue weighted by Crippen LogP contribution is 2.26. The molecule has 5 heteroatoms. The zero-order valence-electron chi connectivity index (χ0n) is 10.7. The van der Waals surface area contributed by atoms with Gasteiger partial charge in [0.25, 0.3) is 0 Å². The monoisotopic (exact) mass is 302 g/mol. The summed E-state index contributed by atoms with van der Waals surface area (Å²) in [5.74, 6) is -1.00. The first-order chi connectivity index (χ1) is 7.88. The van der Waals surface area contributed by atoms with E-state index >= 15 is 0 Å². The standard InChI is InChI=1S/C12H19BrN2O2/c1-5-9-11(13)10(15(4)14-9)6-8(7(2)3)12(16)17/h7-8H,5-6H2,1-4H3,(H,16,17). The first kappa shape index (κ1) is 14.2. The highest BCUT2D eigenvalue weighted by molar-refractivity contribution is 9.10. The van der Waals surface area contributed by atoms with Gasteiger partial charge in [0.15, 0.2) is 0 Å². The lowest BCUT2D eigenvalue weighted by Gasteiger charge is -2.16. The van der Waals surface area contributed by atoms with E-state index in [9.17, 15) is 9.90 Å². The molecule has 0 aromatic carbocycles. The van der Waals surface area contributed by atoms with Gasteiger partial charge < -0.3 is 5.11 Å². The second-order valence-corrected chi connectivity index (χ2v) is 5.37. The molecule has 1 unspecified atom stereocenters. The molecule has 1 atom stereocenters. The molecule has 96 valence electrons. The average Bonchev–Trinajstić information content (AvgIpc) is 2.50. The molecule has 0 saturated carbocycles. The lowest BCUT2D eigenvalue weighted by atomic mass is 9.91. The number of carboxylic acids is 1. The lowest BCUT2D eigenvalue weighted by molar-refractivity contribution is -0.143. The van der Waals surface area contributed by atoms with Crippen LogP contribution in [0.4, 0.5) is 0 Å². The largest absolute Gasteiger partial charge is 0.481 e. The van der Waals surface area contributed by atoms with Crippen LogP contribution in [0.25, 0.3) is 0 Å². The minimum Gasteiger partial charge on any atom is -0.481 e. The van der Waals surface area contributed by atoms with Gasteiger partial charge in [0.2, 0.25) is 0 Å². The predicted molar refractivity (Wildman–Crippen MR) is 70.0 cm³/mol. The van der Waals surface area contributed by atoms with Crippen molar-refractivity contribution in [1.82, 2.24) is 9.78 Å². The van der Waals surface area contributed by atoms with Crippen molar-refractivity contribution in [2.24, 2.45) is 18.9 Å². The van der Waals surface area contributed by atoms with E-state index < -0.39 is 5.97 Å². The molecule has 0 aliphatic rings. The topological polar surface area (TPSA) is 55.1 Å². The van der Waals surface area contributed by atoms with Gasteiger partial charge in [-0.05, 0) is 28.3 Å². The molecular formula is C12H19BrN2O2. The van der Waals surface area contributed by atoms with Crippen LogP contribution in [-0.2, 0) is 24.7 Å². The number of aryl methyl sites for hydroxylation is 2. The van der Waals surface area contributed by atoms with Crippen LogP contribution in [0.1, 0.15) is 32.2 Å². The third-order valence-electron chi connectivity index (χ3n) is 3.04. The van der Waals surface area contributed by atoms with Gasteiger partial charge in [-0.15, -0.1) is 0 Å². The maximum absolute atomic E-state index is 11.2. The maximum Gasteiger partial charge on any atom is 0.307 e. The lowest BCUT2D eigenvalue weighted by Crippen LogP contribution is -2.23. The summed E-state index contributed by atoms with van der Waals surface area (Å²) in [6, 6.07) is 0. The zero-order chi connectivity index (χ0) is 13.2. The van der Waals surface area contributed by atoms with E-state index in [1.807, 2.05) is 27.8 Å². The van der Waals surface area contributed by atoms with Crippen molar-refractivity contribution in [3.63, 3.8) is 0 Å². The second-order valence-electron chi connectivity index (χ2n) is 4.58. The van der Waals surface area contributed by atoms with Crippen molar-refractivity contribution in [1.29, 1.82) is 0 Å². The number of rotatable bonds is 5.